The van der Waals surface area contributed by atoms with Crippen LogP contribution in [0.2, 0.25) is 0 Å². The fourth-order valence-electron chi connectivity index (χ4n) is 25.6. The van der Waals surface area contributed by atoms with E-state index in [-0.39, 0.29) is 5.41 Å². The van der Waals surface area contributed by atoms with Crippen molar-refractivity contribution in [2.45, 2.75) is 354 Å². The molecule has 0 N–H and O–H groups in total. The number of aryl methyl sites for hydroxylation is 4. The molecule has 0 spiro atoms. The zero-order valence-electron chi connectivity index (χ0n) is 90.8. The number of anilines is 6. The second-order valence-electron chi connectivity index (χ2n) is 44.1. The summed E-state index contributed by atoms with van der Waals surface area (Å²) in [6.45, 7) is 18.8. The first-order chi connectivity index (χ1) is 72.5. The molecule has 0 fully saturated rings. The van der Waals surface area contributed by atoms with E-state index in [1.54, 1.807) is 11.1 Å². The van der Waals surface area contributed by atoms with Crippen LogP contribution in [0.1, 0.15) is 395 Å². The highest BCUT2D eigenvalue weighted by Crippen LogP contribution is 2.62. The predicted molar refractivity (Wildman–Crippen MR) is 636 cm³/mol. The van der Waals surface area contributed by atoms with Gasteiger partial charge in [-0.1, -0.05) is 516 Å². The molecule has 1 atom stereocenters. The molecule has 147 heavy (non-hydrogen) atoms. The topological polar surface area (TPSA) is 6.48 Å². The molecule has 0 saturated carbocycles. The van der Waals surface area contributed by atoms with Crippen molar-refractivity contribution in [3.8, 4) is 66.8 Å². The van der Waals surface area contributed by atoms with Crippen LogP contribution in [0.3, 0.4) is 0 Å². The van der Waals surface area contributed by atoms with E-state index in [0.717, 1.165) is 66.2 Å². The number of benzene rings is 15. The Bertz CT molecular complexity index is 6500. The molecule has 2 heteroatoms. The first kappa shape index (κ1) is 105. The average molecular weight is 1940 g/mol. The van der Waals surface area contributed by atoms with Crippen LogP contribution in [0.15, 0.2) is 346 Å². The van der Waals surface area contributed by atoms with E-state index in [1.165, 1.54) is 383 Å². The van der Waals surface area contributed by atoms with Gasteiger partial charge in [0.25, 0.3) is 0 Å². The Morgan fingerprint density at radius 2 is 0.429 bits per heavy atom. The molecule has 1 unspecified atom stereocenters. The summed E-state index contributed by atoms with van der Waals surface area (Å²) in [5, 5.41) is 0. The molecule has 0 saturated heterocycles. The van der Waals surface area contributed by atoms with Gasteiger partial charge in [0.05, 0.1) is 10.8 Å². The summed E-state index contributed by atoms with van der Waals surface area (Å²) < 4.78 is 0. The van der Waals surface area contributed by atoms with Crippen molar-refractivity contribution in [1.82, 2.24) is 0 Å². The van der Waals surface area contributed by atoms with Crippen LogP contribution < -0.4 is 9.80 Å². The van der Waals surface area contributed by atoms with Gasteiger partial charge in [0.2, 0.25) is 0 Å². The molecule has 18 rings (SSSR count). The molecule has 0 aliphatic heterocycles. The number of nitrogens with zero attached hydrogens (tertiary/aromatic N) is 2. The Hall–Kier alpha value is -12.1. The maximum atomic E-state index is 2.69. The zero-order valence-corrected chi connectivity index (χ0v) is 90.8. The van der Waals surface area contributed by atoms with E-state index in [2.05, 4.69) is 411 Å². The summed E-state index contributed by atoms with van der Waals surface area (Å²) in [6, 6.07) is 138. The number of unbranched alkanes of at least 4 members (excludes halogenated alkanes) is 30. The van der Waals surface area contributed by atoms with Crippen molar-refractivity contribution in [1.29, 1.82) is 0 Å². The van der Waals surface area contributed by atoms with Gasteiger partial charge in [-0.25, -0.2) is 0 Å². The summed E-state index contributed by atoms with van der Waals surface area (Å²) in [5.74, 6) is 0.517. The Morgan fingerprint density at radius 3 is 0.748 bits per heavy atom. The van der Waals surface area contributed by atoms with Gasteiger partial charge in [-0.2, -0.15) is 0 Å². The number of rotatable bonds is 57. The maximum Gasteiger partial charge on any atom is 0.0715 e. The summed E-state index contributed by atoms with van der Waals surface area (Å²) in [4.78, 5) is 5.08. The highest BCUT2D eigenvalue weighted by Gasteiger charge is 2.50. The monoisotopic (exact) mass is 1940 g/mol. The van der Waals surface area contributed by atoms with Crippen LogP contribution in [0.4, 0.5) is 34.1 Å². The van der Waals surface area contributed by atoms with Crippen LogP contribution in [-0.2, 0) is 41.9 Å². The molecule has 758 valence electrons. The molecule has 3 aliphatic carbocycles. The molecule has 0 amide bonds. The molecule has 3 aliphatic rings. The Balaban J connectivity index is 0.752. The minimum absolute atomic E-state index is 0.0273. The van der Waals surface area contributed by atoms with E-state index in [4.69, 9.17) is 0 Å². The number of hydrogen-bond acceptors (Lipinski definition) is 2. The Labute approximate surface area is 887 Å². The summed E-state index contributed by atoms with van der Waals surface area (Å²) in [6.07, 6.45) is 54.4. The third-order valence-electron chi connectivity index (χ3n) is 34.1. The number of para-hydroxylation sites is 2. The molecule has 0 aromatic heterocycles. The third-order valence-corrected chi connectivity index (χ3v) is 34.1. The van der Waals surface area contributed by atoms with E-state index < -0.39 is 10.8 Å². The van der Waals surface area contributed by atoms with Crippen LogP contribution >= 0.6 is 0 Å². The normalized spacial score (nSPS) is 13.4. The molecule has 0 radical (unpaired) electrons. The minimum atomic E-state index is -0.758. The lowest BCUT2D eigenvalue weighted by Crippen LogP contribution is -2.29. The lowest BCUT2D eigenvalue weighted by Gasteiger charge is -2.36. The van der Waals surface area contributed by atoms with Gasteiger partial charge in [0.1, 0.15) is 0 Å². The highest BCUT2D eigenvalue weighted by molar-refractivity contribution is 5.95. The summed E-state index contributed by atoms with van der Waals surface area (Å²) in [5.41, 5.74) is 41.7. The van der Waals surface area contributed by atoms with Gasteiger partial charge in [-0.05, 0) is 318 Å². The van der Waals surface area contributed by atoms with Crippen LogP contribution in [0, 0.1) is 0 Å². The second-order valence-corrected chi connectivity index (χ2v) is 44.1. The first-order valence-electron chi connectivity index (χ1n) is 58.8. The molecule has 15 aromatic rings. The van der Waals surface area contributed by atoms with Gasteiger partial charge >= 0.3 is 0 Å². The molecular weight excluding hydrogens is 1770 g/mol. The van der Waals surface area contributed by atoms with Crippen molar-refractivity contribution >= 4 is 34.1 Å². The quantitative estimate of drug-likeness (QED) is 0.0351. The second kappa shape index (κ2) is 51.7. The van der Waals surface area contributed by atoms with E-state index in [1.807, 2.05) is 0 Å². The van der Waals surface area contributed by atoms with Gasteiger partial charge in [0, 0.05) is 39.5 Å². The van der Waals surface area contributed by atoms with E-state index >= 15 is 0 Å². The molecule has 0 bridgehead atoms. The lowest BCUT2D eigenvalue weighted by atomic mass is 9.67. The van der Waals surface area contributed by atoms with E-state index in [9.17, 15) is 0 Å². The summed E-state index contributed by atoms with van der Waals surface area (Å²) in [7, 11) is 0. The molecule has 15 aromatic carbocycles. The standard InChI is InChI=1S/C145H168N2/c1-9-16-22-28-34-43-55-110-65-81-121(82-66-110)144(122-83-67-111(68-84-122)56-44-35-29-23-17-10-2)139-105-119(114-59-47-40-48-60-114)79-97-133(139)134-98-80-120(106-140(134)144)116-75-91-128(92-76-116)147(126-63-51-42-52-64-126)130-94-100-136-135-99-93-129(107-141(135)145(142(136)108-130,123-85-69-112(70-86-123)57-45-36-30-24-18-11-3)124-87-71-113(72-88-124)58-46-37-31-25-19-12-4)146(125-61-49-41-50-62-125)127-89-73-115(74-90-127)118-78-96-132-131-95-77-117(109(8)15-7)103-137(131)143(138(132)104-118,101-53-38-32-26-20-13-5)102-54-39-33-27-21-14-6/h40-42,47-52,59-100,103-109H,9-39,43-46,53-58,101-102H2,1-8H3. The van der Waals surface area contributed by atoms with Gasteiger partial charge in [-0.15, -0.1) is 0 Å². The van der Waals surface area contributed by atoms with Crippen molar-refractivity contribution in [3.05, 3.63) is 429 Å². The molecular formula is C145H168N2. The molecule has 0 heterocycles. The largest absolute Gasteiger partial charge is 0.310 e. The minimum Gasteiger partial charge on any atom is -0.310 e. The molecule has 2 nitrogen and oxygen atoms in total. The first-order valence-corrected chi connectivity index (χ1v) is 58.8. The van der Waals surface area contributed by atoms with Gasteiger partial charge < -0.3 is 9.80 Å². The average Bonchev–Trinajstić information content (AvgIpc) is 1.54. The van der Waals surface area contributed by atoms with Crippen molar-refractivity contribution in [2.24, 2.45) is 0 Å². The number of fused-ring (bicyclic) bond motifs is 9. The van der Waals surface area contributed by atoms with Gasteiger partial charge in [-0.3, -0.25) is 0 Å². The smallest absolute Gasteiger partial charge is 0.0715 e. The Morgan fingerprint density at radius 1 is 0.190 bits per heavy atom. The third kappa shape index (κ3) is 23.6. The zero-order chi connectivity index (χ0) is 101. The maximum absolute atomic E-state index is 2.69. The predicted octanol–water partition coefficient (Wildman–Crippen LogP) is 43.2. The Kier molecular flexibility index (Phi) is 36.9. The van der Waals surface area contributed by atoms with Gasteiger partial charge in [0.15, 0.2) is 0 Å². The SMILES string of the molecule is CCCCCCCCc1ccc(C2(c3ccc(CCCCCCCC)cc3)c3cc(-c4ccccc4)ccc3-c3ccc(-c4ccc(N(c5ccccc5)c5ccc6c(c5)C(c5ccc(CCCCCCCC)cc5)(c5ccc(CCCCCCCC)cc5)c5cc(N(c7ccccc7)c7ccc(-c8ccc9c(c8)C(CCCCCCCC)(CCCCCCCC)c8cc(C(C)CC)ccc8-9)cc7)ccc5-6)cc4)cc32)cc1. The van der Waals surface area contributed by atoms with Crippen molar-refractivity contribution in [3.63, 3.8) is 0 Å². The van der Waals surface area contributed by atoms with Crippen molar-refractivity contribution in [2.75, 3.05) is 9.80 Å². The van der Waals surface area contributed by atoms with E-state index in [0.29, 0.717) is 5.92 Å². The number of hydrogen-bond donors (Lipinski definition) is 0. The lowest BCUT2D eigenvalue weighted by molar-refractivity contribution is 0.397. The highest BCUT2D eigenvalue weighted by atomic mass is 15.1. The fraction of sp³-hybridized carbons (Fsp3) is 0.379. The fourth-order valence-corrected chi connectivity index (χ4v) is 25.6. The van der Waals surface area contributed by atoms with Crippen molar-refractivity contribution < 1.29 is 0 Å². The van der Waals surface area contributed by atoms with Crippen LogP contribution in [0.25, 0.3) is 66.8 Å². The van der Waals surface area contributed by atoms with Crippen LogP contribution in [0.5, 0.6) is 0 Å². The van der Waals surface area contributed by atoms with Crippen LogP contribution in [-0.4, -0.2) is 0 Å². The summed E-state index contributed by atoms with van der Waals surface area (Å²) >= 11 is 0.